The van der Waals surface area contributed by atoms with E-state index < -0.39 is 17.8 Å². The number of nitrogens with zero attached hydrogens (tertiary/aromatic N) is 3. The molecule has 2 amide bonds. The Morgan fingerprint density at radius 2 is 1.72 bits per heavy atom. The second-order valence-electron chi connectivity index (χ2n) is 8.17. The molecule has 3 N–H and O–H groups in total. The molecule has 0 saturated heterocycles. The number of aryl methyl sites for hydroxylation is 2. The molecule has 0 radical (unpaired) electrons. The van der Waals surface area contributed by atoms with Gasteiger partial charge in [0.05, 0.1) is 23.2 Å². The van der Waals surface area contributed by atoms with Crippen LogP contribution in [0, 0.1) is 6.92 Å². The lowest BCUT2D eigenvalue weighted by Crippen LogP contribution is -2.20. The summed E-state index contributed by atoms with van der Waals surface area (Å²) in [5.74, 6) is -2.14. The molecule has 2 aromatic carbocycles. The molecular weight excluding hydrogens is 462 g/mol. The number of hydrogen-bond acceptors (Lipinski definition) is 7. The van der Waals surface area contributed by atoms with E-state index in [-0.39, 0.29) is 35.8 Å². The van der Waals surface area contributed by atoms with Crippen LogP contribution in [0.4, 0.5) is 5.88 Å². The van der Waals surface area contributed by atoms with Gasteiger partial charge in [-0.25, -0.2) is 14.8 Å². The van der Waals surface area contributed by atoms with Crippen LogP contribution in [0.2, 0.25) is 0 Å². The lowest BCUT2D eigenvalue weighted by molar-refractivity contribution is -0.116. The number of benzene rings is 2. The molecule has 0 unspecified atom stereocenters. The zero-order valence-corrected chi connectivity index (χ0v) is 19.7. The van der Waals surface area contributed by atoms with Gasteiger partial charge in [0.1, 0.15) is 22.4 Å². The molecule has 0 bridgehead atoms. The third-order valence-corrected chi connectivity index (χ3v) is 5.88. The lowest BCUT2D eigenvalue weighted by Gasteiger charge is -2.08. The number of esters is 1. The molecule has 0 aliphatic carbocycles. The summed E-state index contributed by atoms with van der Waals surface area (Å²) in [5.41, 5.74) is 9.03. The molecule has 5 aromatic rings. The van der Waals surface area contributed by atoms with Crippen LogP contribution in [0.15, 0.2) is 52.9 Å². The molecule has 182 valence electrons. The minimum atomic E-state index is -0.908. The van der Waals surface area contributed by atoms with Gasteiger partial charge in [-0.3, -0.25) is 14.9 Å². The second-order valence-corrected chi connectivity index (χ2v) is 8.17. The van der Waals surface area contributed by atoms with E-state index in [0.29, 0.717) is 12.2 Å². The fourth-order valence-corrected chi connectivity index (χ4v) is 4.33. The number of ether oxygens (including phenoxy) is 1. The van der Waals surface area contributed by atoms with Gasteiger partial charge in [-0.05, 0) is 32.0 Å². The number of hydrogen-bond donors (Lipinski definition) is 2. The first-order valence-corrected chi connectivity index (χ1v) is 11.4. The summed E-state index contributed by atoms with van der Waals surface area (Å²) in [6, 6.07) is 15.4. The molecule has 10 heteroatoms. The summed E-state index contributed by atoms with van der Waals surface area (Å²) in [4.78, 5) is 46.9. The van der Waals surface area contributed by atoms with Crippen molar-refractivity contribution in [2.24, 2.45) is 5.73 Å². The molecule has 0 atom stereocenters. The van der Waals surface area contributed by atoms with Crippen molar-refractivity contribution in [1.82, 2.24) is 14.5 Å². The third kappa shape index (κ3) is 3.92. The SMILES string of the molecule is CCOC(=O)c1c(C)oc(NC(=O)CCn2c3ccccc3c3nc4ccccc4nc32)c1C(N)=O. The van der Waals surface area contributed by atoms with E-state index >= 15 is 0 Å². The van der Waals surface area contributed by atoms with E-state index in [4.69, 9.17) is 24.9 Å². The normalized spacial score (nSPS) is 11.3. The number of primary amides is 1. The predicted molar refractivity (Wildman–Crippen MR) is 134 cm³/mol. The van der Waals surface area contributed by atoms with Crippen LogP contribution in [-0.4, -0.2) is 38.9 Å². The van der Waals surface area contributed by atoms with Crippen molar-refractivity contribution < 1.29 is 23.5 Å². The molecule has 0 aliphatic heterocycles. The molecule has 0 fully saturated rings. The Morgan fingerprint density at radius 3 is 2.44 bits per heavy atom. The number of rotatable bonds is 7. The molecule has 3 heterocycles. The van der Waals surface area contributed by atoms with Gasteiger partial charge < -0.3 is 19.5 Å². The number of para-hydroxylation sites is 3. The van der Waals surface area contributed by atoms with Gasteiger partial charge in [0.25, 0.3) is 5.91 Å². The number of nitrogens with one attached hydrogen (secondary N) is 1. The fraction of sp³-hybridized carbons (Fsp3) is 0.192. The largest absolute Gasteiger partial charge is 0.462 e. The summed E-state index contributed by atoms with van der Waals surface area (Å²) >= 11 is 0. The summed E-state index contributed by atoms with van der Waals surface area (Å²) in [6.07, 6.45) is 0.0367. The zero-order valence-electron chi connectivity index (χ0n) is 19.7. The Morgan fingerprint density at radius 1 is 1.03 bits per heavy atom. The molecule has 0 aliphatic rings. The van der Waals surface area contributed by atoms with Crippen molar-refractivity contribution in [3.63, 3.8) is 0 Å². The standard InChI is InChI=1S/C26H23N5O5/c1-3-35-26(34)20-14(2)36-25(21(20)23(27)33)30-19(32)12-13-31-18-11-7-4-8-15(18)22-24(31)29-17-10-6-5-9-16(17)28-22/h4-11H,3,12-13H2,1-2H3,(H2,27,33)(H,30,32). The monoisotopic (exact) mass is 485 g/mol. The Bertz CT molecular complexity index is 1670. The molecule has 36 heavy (non-hydrogen) atoms. The molecular formula is C26H23N5O5. The maximum atomic E-state index is 12.9. The van der Waals surface area contributed by atoms with E-state index in [1.54, 1.807) is 6.92 Å². The van der Waals surface area contributed by atoms with Gasteiger partial charge in [0.15, 0.2) is 5.65 Å². The van der Waals surface area contributed by atoms with Crippen molar-refractivity contribution in [3.8, 4) is 0 Å². The molecule has 0 spiro atoms. The van der Waals surface area contributed by atoms with E-state index in [1.807, 2.05) is 53.1 Å². The smallest absolute Gasteiger partial charge is 0.342 e. The first-order valence-electron chi connectivity index (χ1n) is 11.4. The fourth-order valence-electron chi connectivity index (χ4n) is 4.33. The highest BCUT2D eigenvalue weighted by atomic mass is 16.5. The predicted octanol–water partition coefficient (Wildman–Crippen LogP) is 3.94. The van der Waals surface area contributed by atoms with E-state index in [1.165, 1.54) is 6.92 Å². The van der Waals surface area contributed by atoms with Crippen molar-refractivity contribution in [2.45, 2.75) is 26.8 Å². The third-order valence-electron chi connectivity index (χ3n) is 5.88. The van der Waals surface area contributed by atoms with E-state index in [2.05, 4.69) is 5.32 Å². The van der Waals surface area contributed by atoms with Crippen molar-refractivity contribution in [2.75, 3.05) is 11.9 Å². The van der Waals surface area contributed by atoms with Gasteiger partial charge in [-0.15, -0.1) is 0 Å². The van der Waals surface area contributed by atoms with Gasteiger partial charge in [0.2, 0.25) is 11.8 Å². The van der Waals surface area contributed by atoms with Crippen LogP contribution in [0.25, 0.3) is 33.1 Å². The van der Waals surface area contributed by atoms with Crippen molar-refractivity contribution in [3.05, 3.63) is 65.4 Å². The average Bonchev–Trinajstić information content (AvgIpc) is 3.35. The zero-order chi connectivity index (χ0) is 25.4. The molecule has 5 rings (SSSR count). The number of carbonyl (C=O) groups is 3. The van der Waals surface area contributed by atoms with Crippen LogP contribution < -0.4 is 11.1 Å². The topological polar surface area (TPSA) is 142 Å². The van der Waals surface area contributed by atoms with E-state index in [0.717, 1.165) is 27.5 Å². The lowest BCUT2D eigenvalue weighted by atomic mass is 10.1. The van der Waals surface area contributed by atoms with Crippen LogP contribution in [0.1, 0.15) is 39.8 Å². The number of nitrogens with two attached hydrogens (primary N) is 1. The summed E-state index contributed by atoms with van der Waals surface area (Å²) in [5, 5.41) is 3.51. The first-order chi connectivity index (χ1) is 17.4. The van der Waals surface area contributed by atoms with Crippen LogP contribution in [-0.2, 0) is 16.1 Å². The Balaban J connectivity index is 1.46. The van der Waals surface area contributed by atoms with Gasteiger partial charge in [0, 0.05) is 18.4 Å². The highest BCUT2D eigenvalue weighted by molar-refractivity contribution is 6.10. The number of furan rings is 1. The van der Waals surface area contributed by atoms with Crippen molar-refractivity contribution in [1.29, 1.82) is 0 Å². The Hall–Kier alpha value is -4.73. The number of fused-ring (bicyclic) bond motifs is 4. The summed E-state index contributed by atoms with van der Waals surface area (Å²) in [7, 11) is 0. The summed E-state index contributed by atoms with van der Waals surface area (Å²) < 4.78 is 12.4. The number of aromatic nitrogens is 3. The number of anilines is 1. The molecule has 3 aromatic heterocycles. The maximum Gasteiger partial charge on any atom is 0.342 e. The first kappa shape index (κ1) is 23.0. The van der Waals surface area contributed by atoms with Gasteiger partial charge >= 0.3 is 5.97 Å². The number of carbonyl (C=O) groups excluding carboxylic acids is 3. The summed E-state index contributed by atoms with van der Waals surface area (Å²) in [6.45, 7) is 3.54. The van der Waals surface area contributed by atoms with E-state index in [9.17, 15) is 14.4 Å². The van der Waals surface area contributed by atoms with Crippen molar-refractivity contribution >= 4 is 56.8 Å². The second kappa shape index (κ2) is 9.14. The van der Waals surface area contributed by atoms with Gasteiger partial charge in [-0.2, -0.15) is 0 Å². The average molecular weight is 486 g/mol. The maximum absolute atomic E-state index is 12.9. The molecule has 0 saturated carbocycles. The Labute approximate surface area is 205 Å². The highest BCUT2D eigenvalue weighted by Crippen LogP contribution is 2.30. The quantitative estimate of drug-likeness (QED) is 0.332. The van der Waals surface area contributed by atoms with Crippen LogP contribution in [0.3, 0.4) is 0 Å². The van der Waals surface area contributed by atoms with Gasteiger partial charge in [-0.1, -0.05) is 30.3 Å². The van der Waals surface area contributed by atoms with Crippen LogP contribution in [0.5, 0.6) is 0 Å². The number of amides is 2. The molecule has 10 nitrogen and oxygen atoms in total. The Kier molecular flexibility index (Phi) is 5.85. The minimum absolute atomic E-state index is 0.0367. The van der Waals surface area contributed by atoms with Crippen LogP contribution >= 0.6 is 0 Å². The minimum Gasteiger partial charge on any atom is -0.462 e. The highest BCUT2D eigenvalue weighted by Gasteiger charge is 2.29.